The van der Waals surface area contributed by atoms with Crippen molar-refractivity contribution in [1.29, 1.82) is 0 Å². The van der Waals surface area contributed by atoms with Crippen molar-refractivity contribution in [2.45, 2.75) is 19.4 Å². The summed E-state index contributed by atoms with van der Waals surface area (Å²) in [5.74, 6) is 0.303. The van der Waals surface area contributed by atoms with Gasteiger partial charge in [0.1, 0.15) is 0 Å². The zero-order valence-electron chi connectivity index (χ0n) is 15.2. The van der Waals surface area contributed by atoms with Crippen LogP contribution in [0.3, 0.4) is 0 Å². The van der Waals surface area contributed by atoms with E-state index in [9.17, 15) is 9.59 Å². The van der Waals surface area contributed by atoms with E-state index < -0.39 is 0 Å². The van der Waals surface area contributed by atoms with E-state index in [-0.39, 0.29) is 17.7 Å². The molecule has 0 unspecified atom stereocenters. The van der Waals surface area contributed by atoms with E-state index in [1.807, 2.05) is 28.8 Å². The van der Waals surface area contributed by atoms with E-state index >= 15 is 0 Å². The number of hydrogen-bond acceptors (Lipinski definition) is 4. The molecule has 3 heterocycles. The number of piperidine rings is 1. The maximum Gasteiger partial charge on any atom is 0.253 e. The topological polar surface area (TPSA) is 79.6 Å². The van der Waals surface area contributed by atoms with Gasteiger partial charge >= 0.3 is 0 Å². The van der Waals surface area contributed by atoms with E-state index in [0.29, 0.717) is 36.0 Å². The predicted molar refractivity (Wildman–Crippen MR) is 105 cm³/mol. The second kappa shape index (κ2) is 7.98. The third kappa shape index (κ3) is 3.84. The molecule has 1 aromatic carbocycles. The highest BCUT2D eigenvalue weighted by molar-refractivity contribution is 6.30. The van der Waals surface area contributed by atoms with Crippen LogP contribution in [0.5, 0.6) is 0 Å². The second-order valence-corrected chi connectivity index (χ2v) is 7.30. The molecule has 0 aliphatic carbocycles. The summed E-state index contributed by atoms with van der Waals surface area (Å²) in [6.45, 7) is 1.36. The quantitative estimate of drug-likeness (QED) is 0.733. The van der Waals surface area contributed by atoms with Crippen LogP contribution in [-0.4, -0.2) is 44.4 Å². The van der Waals surface area contributed by atoms with Crippen molar-refractivity contribution in [3.63, 3.8) is 0 Å². The molecule has 1 N–H and O–H groups in total. The molecule has 3 aromatic rings. The first-order valence-corrected chi connectivity index (χ1v) is 9.61. The molecule has 2 aromatic heterocycles. The van der Waals surface area contributed by atoms with Crippen LogP contribution in [-0.2, 0) is 11.3 Å². The van der Waals surface area contributed by atoms with E-state index in [4.69, 9.17) is 11.6 Å². The summed E-state index contributed by atoms with van der Waals surface area (Å²) in [5, 5.41) is 11.7. The highest BCUT2D eigenvalue weighted by Gasteiger charge is 2.29. The minimum absolute atomic E-state index is 0.0683. The van der Waals surface area contributed by atoms with Gasteiger partial charge in [-0.2, -0.15) is 0 Å². The SMILES string of the molecule is O=C(NCc1nnc2ccccn12)[C@H]1CCCN(C(=O)c2ccc(Cl)cc2)C1. The third-order valence-electron chi connectivity index (χ3n) is 4.98. The first-order valence-electron chi connectivity index (χ1n) is 9.23. The van der Waals surface area contributed by atoms with Crippen molar-refractivity contribution in [3.05, 3.63) is 65.1 Å². The molecule has 4 rings (SSSR count). The fourth-order valence-corrected chi connectivity index (χ4v) is 3.60. The molecule has 1 fully saturated rings. The van der Waals surface area contributed by atoms with Crippen molar-refractivity contribution in [3.8, 4) is 0 Å². The molecule has 0 spiro atoms. The van der Waals surface area contributed by atoms with Crippen molar-refractivity contribution in [2.24, 2.45) is 5.92 Å². The van der Waals surface area contributed by atoms with Crippen LogP contribution in [0.15, 0.2) is 48.7 Å². The lowest BCUT2D eigenvalue weighted by molar-refractivity contribution is -0.126. The fraction of sp³-hybridized carbons (Fsp3) is 0.300. The summed E-state index contributed by atoms with van der Waals surface area (Å²) < 4.78 is 1.84. The second-order valence-electron chi connectivity index (χ2n) is 6.86. The van der Waals surface area contributed by atoms with Crippen molar-refractivity contribution in [2.75, 3.05) is 13.1 Å². The molecule has 0 bridgehead atoms. The average molecular weight is 398 g/mol. The van der Waals surface area contributed by atoms with Gasteiger partial charge in [0.2, 0.25) is 5.91 Å². The Morgan fingerprint density at radius 2 is 1.96 bits per heavy atom. The normalized spacial score (nSPS) is 16.9. The maximum atomic E-state index is 12.7. The largest absolute Gasteiger partial charge is 0.348 e. The molecule has 2 amide bonds. The molecular weight excluding hydrogens is 378 g/mol. The number of amides is 2. The monoisotopic (exact) mass is 397 g/mol. The van der Waals surface area contributed by atoms with Crippen molar-refractivity contribution >= 4 is 29.1 Å². The number of likely N-dealkylation sites (tertiary alicyclic amines) is 1. The van der Waals surface area contributed by atoms with Crippen molar-refractivity contribution < 1.29 is 9.59 Å². The Balaban J connectivity index is 1.38. The summed E-state index contributed by atoms with van der Waals surface area (Å²) in [7, 11) is 0. The molecule has 1 aliphatic heterocycles. The lowest BCUT2D eigenvalue weighted by atomic mass is 9.96. The summed E-state index contributed by atoms with van der Waals surface area (Å²) >= 11 is 5.89. The smallest absolute Gasteiger partial charge is 0.253 e. The van der Waals surface area contributed by atoms with Gasteiger partial charge in [-0.15, -0.1) is 10.2 Å². The number of rotatable bonds is 4. The van der Waals surface area contributed by atoms with Crippen LogP contribution >= 0.6 is 11.6 Å². The Morgan fingerprint density at radius 1 is 1.14 bits per heavy atom. The summed E-state index contributed by atoms with van der Waals surface area (Å²) in [6.07, 6.45) is 3.42. The minimum atomic E-state index is -0.232. The molecule has 7 nitrogen and oxygen atoms in total. The standard InChI is InChI=1S/C20H20ClN5O2/c21-16-8-6-14(7-9-16)20(28)25-10-3-4-15(13-25)19(27)22-12-18-24-23-17-5-1-2-11-26(17)18/h1-2,5-9,11,15H,3-4,10,12-13H2,(H,22,27)/t15-/m0/s1. The molecule has 1 atom stereocenters. The van der Waals surface area contributed by atoms with Gasteiger partial charge in [0.15, 0.2) is 11.5 Å². The zero-order valence-corrected chi connectivity index (χ0v) is 16.0. The van der Waals surface area contributed by atoms with Gasteiger partial charge in [0, 0.05) is 29.9 Å². The molecular formula is C20H20ClN5O2. The molecule has 0 saturated carbocycles. The Hall–Kier alpha value is -2.93. The van der Waals surface area contributed by atoms with Gasteiger partial charge in [-0.1, -0.05) is 17.7 Å². The van der Waals surface area contributed by atoms with Gasteiger partial charge < -0.3 is 10.2 Å². The molecule has 8 heteroatoms. The molecule has 28 heavy (non-hydrogen) atoms. The van der Waals surface area contributed by atoms with Crippen LogP contribution in [0.1, 0.15) is 29.0 Å². The number of pyridine rings is 1. The Bertz CT molecular complexity index is 1000. The third-order valence-corrected chi connectivity index (χ3v) is 5.23. The summed E-state index contributed by atoms with van der Waals surface area (Å²) in [4.78, 5) is 27.1. The van der Waals surface area contributed by atoms with Crippen LogP contribution < -0.4 is 5.32 Å². The maximum absolute atomic E-state index is 12.7. The highest BCUT2D eigenvalue weighted by Crippen LogP contribution is 2.20. The first kappa shape index (κ1) is 18.4. The number of carbonyl (C=O) groups excluding carboxylic acids is 2. The van der Waals surface area contributed by atoms with E-state index in [0.717, 1.165) is 18.5 Å². The lowest BCUT2D eigenvalue weighted by Crippen LogP contribution is -2.45. The molecule has 144 valence electrons. The Kier molecular flexibility index (Phi) is 5.25. The van der Waals surface area contributed by atoms with E-state index in [1.165, 1.54) is 0 Å². The van der Waals surface area contributed by atoms with Crippen LogP contribution in [0.25, 0.3) is 5.65 Å². The summed E-state index contributed by atoms with van der Waals surface area (Å²) in [6, 6.07) is 12.5. The number of halogens is 1. The number of benzene rings is 1. The van der Waals surface area contributed by atoms with Gasteiger partial charge in [-0.25, -0.2) is 0 Å². The van der Waals surface area contributed by atoms with Gasteiger partial charge in [0.05, 0.1) is 12.5 Å². The Labute approximate surface area is 167 Å². The number of aromatic nitrogens is 3. The molecule has 1 aliphatic rings. The average Bonchev–Trinajstić information content (AvgIpc) is 3.15. The van der Waals surface area contributed by atoms with Gasteiger partial charge in [0.25, 0.3) is 5.91 Å². The van der Waals surface area contributed by atoms with E-state index in [1.54, 1.807) is 29.2 Å². The van der Waals surface area contributed by atoms with Crippen LogP contribution in [0, 0.1) is 5.92 Å². The number of fused-ring (bicyclic) bond motifs is 1. The van der Waals surface area contributed by atoms with Gasteiger partial charge in [-0.3, -0.25) is 14.0 Å². The fourth-order valence-electron chi connectivity index (χ4n) is 3.47. The molecule has 0 radical (unpaired) electrons. The zero-order chi connectivity index (χ0) is 19.5. The number of nitrogens with one attached hydrogen (secondary N) is 1. The molecule has 1 saturated heterocycles. The van der Waals surface area contributed by atoms with Crippen molar-refractivity contribution in [1.82, 2.24) is 24.8 Å². The number of carbonyl (C=O) groups is 2. The predicted octanol–water partition coefficient (Wildman–Crippen LogP) is 2.55. The van der Waals surface area contributed by atoms with E-state index in [2.05, 4.69) is 15.5 Å². The lowest BCUT2D eigenvalue weighted by Gasteiger charge is -2.32. The van der Waals surface area contributed by atoms with Crippen LogP contribution in [0.4, 0.5) is 0 Å². The van der Waals surface area contributed by atoms with Crippen LogP contribution in [0.2, 0.25) is 5.02 Å². The highest BCUT2D eigenvalue weighted by atomic mass is 35.5. The summed E-state index contributed by atoms with van der Waals surface area (Å²) in [5.41, 5.74) is 1.32. The number of nitrogens with zero attached hydrogens (tertiary/aromatic N) is 4. The first-order chi connectivity index (χ1) is 13.6. The van der Waals surface area contributed by atoms with Gasteiger partial charge in [-0.05, 0) is 49.2 Å². The Morgan fingerprint density at radius 3 is 2.79 bits per heavy atom. The number of hydrogen-bond donors (Lipinski definition) is 1. The minimum Gasteiger partial charge on any atom is -0.348 e.